The maximum absolute atomic E-state index is 10.9. The average molecular weight is 160 g/mol. The van der Waals surface area contributed by atoms with Crippen molar-refractivity contribution in [3.63, 3.8) is 0 Å². The van der Waals surface area contributed by atoms with E-state index in [1.165, 1.54) is 0 Å². The first-order chi connectivity index (χ1) is 5.31. The molecule has 0 aromatic heterocycles. The van der Waals surface area contributed by atoms with E-state index >= 15 is 0 Å². The van der Waals surface area contributed by atoms with Crippen molar-refractivity contribution in [2.45, 2.75) is 19.3 Å². The fraction of sp³-hybridized carbons (Fsp3) is 0.875. The van der Waals surface area contributed by atoms with Crippen LogP contribution in [0.15, 0.2) is 0 Å². The van der Waals surface area contributed by atoms with Gasteiger partial charge in [0.2, 0.25) is 0 Å². The summed E-state index contributed by atoms with van der Waals surface area (Å²) >= 11 is 0. The first kappa shape index (κ1) is 10.6. The maximum Gasteiger partial charge on any atom is 0.135 e. The van der Waals surface area contributed by atoms with Gasteiger partial charge in [-0.05, 0) is 6.42 Å². The molecule has 0 aliphatic heterocycles. The smallest absolute Gasteiger partial charge is 0.135 e. The molecule has 11 heavy (non-hydrogen) atoms. The SMILES string of the molecule is COCCCC(=O)CCOC. The van der Waals surface area contributed by atoms with Gasteiger partial charge in [0.15, 0.2) is 0 Å². The number of hydrogen-bond acceptors (Lipinski definition) is 3. The topological polar surface area (TPSA) is 35.5 Å². The number of carbonyl (C=O) groups excluding carboxylic acids is 1. The highest BCUT2D eigenvalue weighted by atomic mass is 16.5. The molecule has 0 bridgehead atoms. The zero-order valence-corrected chi connectivity index (χ0v) is 7.26. The van der Waals surface area contributed by atoms with Gasteiger partial charge in [0.25, 0.3) is 0 Å². The van der Waals surface area contributed by atoms with Crippen LogP contribution in [0.1, 0.15) is 19.3 Å². The van der Waals surface area contributed by atoms with Crippen LogP contribution in [0, 0.1) is 0 Å². The van der Waals surface area contributed by atoms with E-state index in [2.05, 4.69) is 0 Å². The van der Waals surface area contributed by atoms with Crippen LogP contribution in [0.5, 0.6) is 0 Å². The third-order valence-corrected chi connectivity index (χ3v) is 1.39. The van der Waals surface area contributed by atoms with E-state index in [1.54, 1.807) is 14.2 Å². The molecule has 0 atom stereocenters. The molecule has 0 radical (unpaired) electrons. The van der Waals surface area contributed by atoms with Crippen molar-refractivity contribution in [1.82, 2.24) is 0 Å². The molecule has 0 rings (SSSR count). The number of ether oxygens (including phenoxy) is 2. The van der Waals surface area contributed by atoms with E-state index in [4.69, 9.17) is 9.47 Å². The Labute approximate surface area is 67.7 Å². The molecule has 0 unspecified atom stereocenters. The van der Waals surface area contributed by atoms with Gasteiger partial charge in [-0.15, -0.1) is 0 Å². The molecule has 3 nitrogen and oxygen atoms in total. The van der Waals surface area contributed by atoms with E-state index in [9.17, 15) is 4.79 Å². The van der Waals surface area contributed by atoms with Crippen molar-refractivity contribution in [3.8, 4) is 0 Å². The van der Waals surface area contributed by atoms with Gasteiger partial charge in [-0.1, -0.05) is 0 Å². The Hall–Kier alpha value is -0.410. The number of rotatable bonds is 7. The van der Waals surface area contributed by atoms with E-state index in [0.717, 1.165) is 6.42 Å². The summed E-state index contributed by atoms with van der Waals surface area (Å²) in [7, 11) is 3.24. The summed E-state index contributed by atoms with van der Waals surface area (Å²) in [6.45, 7) is 1.20. The predicted molar refractivity (Wildman–Crippen MR) is 42.6 cm³/mol. The van der Waals surface area contributed by atoms with Crippen molar-refractivity contribution < 1.29 is 14.3 Å². The molecule has 3 heteroatoms. The molecule has 0 aliphatic carbocycles. The van der Waals surface area contributed by atoms with E-state index in [1.807, 2.05) is 0 Å². The second kappa shape index (κ2) is 7.69. The summed E-state index contributed by atoms with van der Waals surface area (Å²) in [4.78, 5) is 10.9. The highest BCUT2D eigenvalue weighted by molar-refractivity contribution is 5.78. The fourth-order valence-corrected chi connectivity index (χ4v) is 0.755. The largest absolute Gasteiger partial charge is 0.385 e. The fourth-order valence-electron chi connectivity index (χ4n) is 0.755. The average Bonchev–Trinajstić information content (AvgIpc) is 2.01. The van der Waals surface area contributed by atoms with Gasteiger partial charge in [0.05, 0.1) is 6.61 Å². The second-order valence-electron chi connectivity index (χ2n) is 2.38. The molecule has 0 heterocycles. The lowest BCUT2D eigenvalue weighted by molar-refractivity contribution is -0.120. The molecule has 0 aromatic rings. The molecule has 0 saturated carbocycles. The summed E-state index contributed by atoms with van der Waals surface area (Å²) in [5.74, 6) is 0.254. The highest BCUT2D eigenvalue weighted by Crippen LogP contribution is 1.95. The Morgan fingerprint density at radius 2 is 1.73 bits per heavy atom. The van der Waals surface area contributed by atoms with Crippen LogP contribution in [-0.4, -0.2) is 33.2 Å². The van der Waals surface area contributed by atoms with Crippen molar-refractivity contribution in [2.24, 2.45) is 0 Å². The van der Waals surface area contributed by atoms with Gasteiger partial charge in [-0.3, -0.25) is 4.79 Å². The van der Waals surface area contributed by atoms with Crippen molar-refractivity contribution >= 4 is 5.78 Å². The standard InChI is InChI=1S/C8H16O3/c1-10-6-3-4-8(9)5-7-11-2/h3-7H2,1-2H3. The van der Waals surface area contributed by atoms with Gasteiger partial charge in [0.1, 0.15) is 5.78 Å². The minimum absolute atomic E-state index is 0.254. The summed E-state index contributed by atoms with van der Waals surface area (Å²) in [6.07, 6.45) is 1.95. The van der Waals surface area contributed by atoms with Crippen LogP contribution >= 0.6 is 0 Å². The number of methoxy groups -OCH3 is 2. The van der Waals surface area contributed by atoms with Crippen LogP contribution in [-0.2, 0) is 14.3 Å². The lowest BCUT2D eigenvalue weighted by Crippen LogP contribution is -2.03. The molecule has 0 aromatic carbocycles. The monoisotopic (exact) mass is 160 g/mol. The number of ketones is 1. The summed E-state index contributed by atoms with van der Waals surface area (Å²) in [5, 5.41) is 0. The second-order valence-corrected chi connectivity index (χ2v) is 2.38. The summed E-state index contributed by atoms with van der Waals surface area (Å²) in [5.41, 5.74) is 0. The van der Waals surface area contributed by atoms with Gasteiger partial charge >= 0.3 is 0 Å². The van der Waals surface area contributed by atoms with Crippen molar-refractivity contribution in [2.75, 3.05) is 27.4 Å². The number of hydrogen-bond donors (Lipinski definition) is 0. The molecular formula is C8H16O3. The van der Waals surface area contributed by atoms with Crippen LogP contribution in [0.4, 0.5) is 0 Å². The Balaban J connectivity index is 3.09. The molecule has 0 amide bonds. The van der Waals surface area contributed by atoms with E-state index < -0.39 is 0 Å². The first-order valence-corrected chi connectivity index (χ1v) is 3.81. The molecule has 0 N–H and O–H groups in total. The lowest BCUT2D eigenvalue weighted by atomic mass is 10.2. The molecule has 66 valence electrons. The Bertz CT molecular complexity index is 102. The third-order valence-electron chi connectivity index (χ3n) is 1.39. The molecular weight excluding hydrogens is 144 g/mol. The Kier molecular flexibility index (Phi) is 7.41. The van der Waals surface area contributed by atoms with Crippen LogP contribution in [0.2, 0.25) is 0 Å². The van der Waals surface area contributed by atoms with Crippen molar-refractivity contribution in [1.29, 1.82) is 0 Å². The quantitative estimate of drug-likeness (QED) is 0.521. The highest BCUT2D eigenvalue weighted by Gasteiger charge is 1.99. The Morgan fingerprint density at radius 1 is 1.09 bits per heavy atom. The molecule has 0 fully saturated rings. The van der Waals surface area contributed by atoms with Crippen LogP contribution in [0.25, 0.3) is 0 Å². The van der Waals surface area contributed by atoms with Crippen LogP contribution < -0.4 is 0 Å². The first-order valence-electron chi connectivity index (χ1n) is 3.81. The molecule has 0 spiro atoms. The molecule has 0 aliphatic rings. The van der Waals surface area contributed by atoms with Crippen LogP contribution in [0.3, 0.4) is 0 Å². The summed E-state index contributed by atoms with van der Waals surface area (Å²) in [6, 6.07) is 0. The number of carbonyl (C=O) groups is 1. The lowest BCUT2D eigenvalue weighted by Gasteiger charge is -1.98. The zero-order valence-electron chi connectivity index (χ0n) is 7.26. The predicted octanol–water partition coefficient (Wildman–Crippen LogP) is 1.02. The van der Waals surface area contributed by atoms with E-state index in [0.29, 0.717) is 26.1 Å². The zero-order chi connectivity index (χ0) is 8.53. The van der Waals surface area contributed by atoms with Gasteiger partial charge in [0, 0.05) is 33.7 Å². The van der Waals surface area contributed by atoms with Gasteiger partial charge in [-0.2, -0.15) is 0 Å². The number of Topliss-reactive ketones (excluding diaryl/α,β-unsaturated/α-hetero) is 1. The van der Waals surface area contributed by atoms with Gasteiger partial charge in [-0.25, -0.2) is 0 Å². The van der Waals surface area contributed by atoms with E-state index in [-0.39, 0.29) is 5.78 Å². The van der Waals surface area contributed by atoms with Gasteiger partial charge < -0.3 is 9.47 Å². The maximum atomic E-state index is 10.9. The minimum Gasteiger partial charge on any atom is -0.385 e. The normalized spacial score (nSPS) is 10.0. The third kappa shape index (κ3) is 7.49. The minimum atomic E-state index is 0.254. The Morgan fingerprint density at radius 3 is 2.27 bits per heavy atom. The van der Waals surface area contributed by atoms with Crippen molar-refractivity contribution in [3.05, 3.63) is 0 Å². The molecule has 0 saturated heterocycles. The summed E-state index contributed by atoms with van der Waals surface area (Å²) < 4.78 is 9.58.